The van der Waals surface area contributed by atoms with Gasteiger partial charge < -0.3 is 9.30 Å². The van der Waals surface area contributed by atoms with E-state index < -0.39 is 5.97 Å². The molecule has 0 fully saturated rings. The molecule has 0 bridgehead atoms. The van der Waals surface area contributed by atoms with Gasteiger partial charge in [-0.15, -0.1) is 0 Å². The van der Waals surface area contributed by atoms with Crippen molar-refractivity contribution >= 4 is 40.1 Å². The lowest BCUT2D eigenvalue weighted by Crippen LogP contribution is -2.05. The maximum absolute atomic E-state index is 11.9. The molecule has 0 atom stereocenters. The molecule has 0 aliphatic rings. The van der Waals surface area contributed by atoms with Crippen LogP contribution in [-0.4, -0.2) is 17.6 Å². The Hall–Kier alpha value is -2.48. The van der Waals surface area contributed by atoms with Crippen LogP contribution in [0.25, 0.3) is 10.9 Å². The van der Waals surface area contributed by atoms with Crippen LogP contribution in [0.5, 0.6) is 0 Å². The zero-order valence-electron chi connectivity index (χ0n) is 14.6. The number of hydrogen-bond acceptors (Lipinski definition) is 3. The molecule has 2 aromatic carbocycles. The Labute approximate surface area is 161 Å². The smallest absolute Gasteiger partial charge is 0.339 e. The van der Waals surface area contributed by atoms with Crippen LogP contribution in [0.2, 0.25) is 10.0 Å². The molecule has 1 aromatic heterocycles. The quantitative estimate of drug-likeness (QED) is 0.592. The SMILES string of the molecule is COC(=O)c1ccc(Cl)c(Cc2cc3c(C)cc(C#N)cc3n2C)c1Cl. The summed E-state index contributed by atoms with van der Waals surface area (Å²) in [5.41, 5.74) is 4.54. The van der Waals surface area contributed by atoms with E-state index in [2.05, 4.69) is 12.1 Å². The first kappa shape index (κ1) is 18.3. The molecular formula is C20H16Cl2N2O2. The van der Waals surface area contributed by atoms with Crippen molar-refractivity contribution in [1.29, 1.82) is 5.26 Å². The average molecular weight is 387 g/mol. The molecule has 0 saturated carbocycles. The van der Waals surface area contributed by atoms with Gasteiger partial charge in [0, 0.05) is 35.1 Å². The van der Waals surface area contributed by atoms with Crippen LogP contribution >= 0.6 is 23.2 Å². The molecular weight excluding hydrogens is 371 g/mol. The molecule has 0 amide bonds. The van der Waals surface area contributed by atoms with Gasteiger partial charge in [0.15, 0.2) is 0 Å². The number of hydrogen-bond donors (Lipinski definition) is 0. The summed E-state index contributed by atoms with van der Waals surface area (Å²) in [5, 5.41) is 11.0. The number of methoxy groups -OCH3 is 1. The number of carbonyl (C=O) groups is 1. The van der Waals surface area contributed by atoms with Crippen LogP contribution < -0.4 is 0 Å². The van der Waals surface area contributed by atoms with E-state index in [0.29, 0.717) is 27.6 Å². The maximum Gasteiger partial charge on any atom is 0.339 e. The van der Waals surface area contributed by atoms with Gasteiger partial charge in [-0.1, -0.05) is 23.2 Å². The number of aromatic nitrogens is 1. The number of ether oxygens (including phenoxy) is 1. The Bertz CT molecular complexity index is 1080. The summed E-state index contributed by atoms with van der Waals surface area (Å²) >= 11 is 12.8. The van der Waals surface area contributed by atoms with Gasteiger partial charge in [-0.2, -0.15) is 5.26 Å². The van der Waals surface area contributed by atoms with Crippen LogP contribution in [0.4, 0.5) is 0 Å². The first-order valence-corrected chi connectivity index (χ1v) is 8.67. The first-order chi connectivity index (χ1) is 12.4. The lowest BCUT2D eigenvalue weighted by molar-refractivity contribution is 0.0601. The minimum Gasteiger partial charge on any atom is -0.465 e. The van der Waals surface area contributed by atoms with E-state index in [0.717, 1.165) is 22.2 Å². The number of nitrogens with zero attached hydrogens (tertiary/aromatic N) is 2. The fourth-order valence-corrected chi connectivity index (χ4v) is 3.69. The predicted octanol–water partition coefficient (Wildman–Crippen LogP) is 5.04. The van der Waals surface area contributed by atoms with Crippen LogP contribution in [0, 0.1) is 18.3 Å². The monoisotopic (exact) mass is 386 g/mol. The summed E-state index contributed by atoms with van der Waals surface area (Å²) < 4.78 is 6.79. The van der Waals surface area contributed by atoms with Crippen LogP contribution in [0.1, 0.15) is 32.7 Å². The highest BCUT2D eigenvalue weighted by molar-refractivity contribution is 6.38. The van der Waals surface area contributed by atoms with Crippen molar-refractivity contribution in [3.05, 3.63) is 68.3 Å². The maximum atomic E-state index is 11.9. The van der Waals surface area contributed by atoms with Gasteiger partial charge in [0.25, 0.3) is 0 Å². The molecule has 0 unspecified atom stereocenters. The molecule has 26 heavy (non-hydrogen) atoms. The predicted molar refractivity (Wildman–Crippen MR) is 103 cm³/mol. The summed E-state index contributed by atoms with van der Waals surface area (Å²) in [7, 11) is 3.25. The second-order valence-electron chi connectivity index (χ2n) is 6.09. The number of rotatable bonds is 3. The molecule has 132 valence electrons. The Kier molecular flexibility index (Phi) is 4.95. The Morgan fingerprint density at radius 3 is 2.65 bits per heavy atom. The largest absolute Gasteiger partial charge is 0.465 e. The van der Waals surface area contributed by atoms with Crippen molar-refractivity contribution in [2.24, 2.45) is 7.05 Å². The van der Waals surface area contributed by atoms with E-state index >= 15 is 0 Å². The summed E-state index contributed by atoms with van der Waals surface area (Å²) in [5.74, 6) is -0.500. The number of esters is 1. The topological polar surface area (TPSA) is 55.0 Å². The van der Waals surface area contributed by atoms with Crippen molar-refractivity contribution in [2.75, 3.05) is 7.11 Å². The van der Waals surface area contributed by atoms with Crippen molar-refractivity contribution in [2.45, 2.75) is 13.3 Å². The number of halogens is 2. The summed E-state index contributed by atoms with van der Waals surface area (Å²) in [6.45, 7) is 1.98. The summed E-state index contributed by atoms with van der Waals surface area (Å²) in [4.78, 5) is 11.9. The molecule has 0 saturated heterocycles. The zero-order chi connectivity index (χ0) is 19.0. The van der Waals surface area contributed by atoms with Crippen LogP contribution in [-0.2, 0) is 18.2 Å². The van der Waals surface area contributed by atoms with Crippen molar-refractivity contribution in [3.8, 4) is 6.07 Å². The molecule has 1 heterocycles. The number of aryl methyl sites for hydroxylation is 2. The van der Waals surface area contributed by atoms with Crippen LogP contribution in [0.15, 0.2) is 30.3 Å². The van der Waals surface area contributed by atoms with Crippen molar-refractivity contribution < 1.29 is 9.53 Å². The molecule has 0 aliphatic heterocycles. The molecule has 0 radical (unpaired) electrons. The van der Waals surface area contributed by atoms with E-state index in [4.69, 9.17) is 27.9 Å². The summed E-state index contributed by atoms with van der Waals surface area (Å²) in [6, 6.07) is 11.2. The fourth-order valence-electron chi connectivity index (χ4n) is 3.11. The third kappa shape index (κ3) is 3.05. The van der Waals surface area contributed by atoms with Gasteiger partial charge in [-0.3, -0.25) is 0 Å². The highest BCUT2D eigenvalue weighted by atomic mass is 35.5. The Morgan fingerprint density at radius 2 is 2.00 bits per heavy atom. The molecule has 0 aliphatic carbocycles. The van der Waals surface area contributed by atoms with Gasteiger partial charge in [0.2, 0.25) is 0 Å². The fraction of sp³-hybridized carbons (Fsp3) is 0.200. The van der Waals surface area contributed by atoms with Gasteiger partial charge in [0.05, 0.1) is 29.3 Å². The third-order valence-electron chi connectivity index (χ3n) is 4.55. The molecule has 0 N–H and O–H groups in total. The Balaban J connectivity index is 2.13. The van der Waals surface area contributed by atoms with E-state index in [1.165, 1.54) is 7.11 Å². The molecule has 3 rings (SSSR count). The lowest BCUT2D eigenvalue weighted by Gasteiger charge is -2.11. The number of fused-ring (bicyclic) bond motifs is 1. The zero-order valence-corrected chi connectivity index (χ0v) is 16.1. The van der Waals surface area contributed by atoms with Gasteiger partial charge >= 0.3 is 5.97 Å². The van der Waals surface area contributed by atoms with E-state index in [9.17, 15) is 10.1 Å². The van der Waals surface area contributed by atoms with Gasteiger partial charge in [-0.05, 0) is 48.4 Å². The number of benzene rings is 2. The van der Waals surface area contributed by atoms with Gasteiger partial charge in [0.1, 0.15) is 0 Å². The second kappa shape index (κ2) is 7.03. The van der Waals surface area contributed by atoms with Crippen molar-refractivity contribution in [1.82, 2.24) is 4.57 Å². The highest BCUT2D eigenvalue weighted by Crippen LogP contribution is 2.33. The average Bonchev–Trinajstić information content (AvgIpc) is 2.94. The molecule has 6 heteroatoms. The minimum atomic E-state index is -0.500. The molecule has 4 nitrogen and oxygen atoms in total. The molecule has 0 spiro atoms. The van der Waals surface area contributed by atoms with E-state index in [1.54, 1.807) is 12.1 Å². The highest BCUT2D eigenvalue weighted by Gasteiger charge is 2.19. The van der Waals surface area contributed by atoms with E-state index in [-0.39, 0.29) is 5.56 Å². The second-order valence-corrected chi connectivity index (χ2v) is 6.87. The van der Waals surface area contributed by atoms with Crippen molar-refractivity contribution in [3.63, 3.8) is 0 Å². The summed E-state index contributed by atoms with van der Waals surface area (Å²) in [6.07, 6.45) is 0.453. The lowest BCUT2D eigenvalue weighted by atomic mass is 10.0. The first-order valence-electron chi connectivity index (χ1n) is 7.91. The minimum absolute atomic E-state index is 0.287. The van der Waals surface area contributed by atoms with Crippen LogP contribution in [0.3, 0.4) is 0 Å². The normalized spacial score (nSPS) is 10.8. The number of carbonyl (C=O) groups excluding carboxylic acids is 1. The van der Waals surface area contributed by atoms with E-state index in [1.807, 2.05) is 30.7 Å². The van der Waals surface area contributed by atoms with Gasteiger partial charge in [-0.25, -0.2) is 4.79 Å². The number of nitriles is 1. The molecule has 3 aromatic rings. The Morgan fingerprint density at radius 1 is 1.27 bits per heavy atom. The third-order valence-corrected chi connectivity index (χ3v) is 5.33. The standard InChI is InChI=1S/C20H16Cl2N2O2/c1-11-6-12(10-23)7-18-15(11)8-13(24(18)2)9-16-17(21)5-4-14(19(16)22)20(25)26-3/h4-8H,9H2,1-3H3.